The lowest BCUT2D eigenvalue weighted by molar-refractivity contribution is -0.138. The third kappa shape index (κ3) is 4.40. The van der Waals surface area contributed by atoms with Crippen molar-refractivity contribution in [3.8, 4) is 0 Å². The van der Waals surface area contributed by atoms with Crippen molar-refractivity contribution < 1.29 is 38.9 Å². The molecule has 2 N–H and O–H groups in total. The summed E-state index contributed by atoms with van der Waals surface area (Å²) in [6.45, 7) is 4.09. The van der Waals surface area contributed by atoms with Crippen LogP contribution in [0.4, 0.5) is 0 Å². The predicted octanol–water partition coefficient (Wildman–Crippen LogP) is 1.28. The Morgan fingerprint density at radius 3 is 2.17 bits per heavy atom. The van der Waals surface area contributed by atoms with Crippen LogP contribution in [-0.4, -0.2) is 47.3 Å². The minimum Gasteiger partial charge on any atom is -0.478 e. The molecule has 0 amide bonds. The number of aromatic carboxylic acids is 2. The van der Waals surface area contributed by atoms with Crippen LogP contribution in [0.1, 0.15) is 36.6 Å². The molecular weight excluding hydrogens is 308 g/mol. The number of ether oxygens (including phenoxy) is 2. The molecule has 122 valence electrons. The predicted molar refractivity (Wildman–Crippen MR) is 76.5 cm³/mol. The topological polar surface area (TPSA) is 127 Å². The van der Waals surface area contributed by atoms with Crippen molar-refractivity contribution in [1.82, 2.24) is 0 Å². The van der Waals surface area contributed by atoms with E-state index in [0.29, 0.717) is 0 Å². The van der Waals surface area contributed by atoms with Crippen molar-refractivity contribution in [2.75, 3.05) is 13.2 Å². The molecule has 0 bridgehead atoms. The molecule has 0 atom stereocenters. The Morgan fingerprint density at radius 1 is 1.04 bits per heavy atom. The molecule has 0 aromatic heterocycles. The highest BCUT2D eigenvalue weighted by Crippen LogP contribution is 2.20. The van der Waals surface area contributed by atoms with Gasteiger partial charge in [-0.05, 0) is 18.6 Å². The minimum atomic E-state index is -1.56. The van der Waals surface area contributed by atoms with E-state index in [1.165, 1.54) is 13.0 Å². The molecule has 0 saturated carbocycles. The molecule has 1 aromatic carbocycles. The number of carboxylic acid groups (broad SMARTS) is 2. The Hall–Kier alpha value is -3.16. The van der Waals surface area contributed by atoms with Crippen LogP contribution in [0.3, 0.4) is 0 Å². The van der Waals surface area contributed by atoms with Crippen LogP contribution in [0.25, 0.3) is 0 Å². The van der Waals surface area contributed by atoms with Gasteiger partial charge < -0.3 is 19.7 Å². The van der Waals surface area contributed by atoms with E-state index in [-0.39, 0.29) is 24.3 Å². The standard InChI is InChI=1S/C15H14O8/c1-3-10(16)22-6-7-23-15(21)11-8(2)4-5-9(13(17)18)12(11)14(19)20/h3-5H,1,6-7H2,2H3,(H,17,18)(H,19,20). The summed E-state index contributed by atoms with van der Waals surface area (Å²) in [6, 6.07) is 2.41. The van der Waals surface area contributed by atoms with Crippen molar-refractivity contribution in [3.05, 3.63) is 47.0 Å². The second kappa shape index (κ2) is 7.74. The zero-order valence-corrected chi connectivity index (χ0v) is 12.2. The van der Waals surface area contributed by atoms with Gasteiger partial charge in [0.25, 0.3) is 0 Å². The summed E-state index contributed by atoms with van der Waals surface area (Å²) < 4.78 is 9.43. The van der Waals surface area contributed by atoms with Gasteiger partial charge in [-0.15, -0.1) is 0 Å². The van der Waals surface area contributed by atoms with Gasteiger partial charge in [-0.25, -0.2) is 19.2 Å². The molecule has 0 heterocycles. The van der Waals surface area contributed by atoms with Crippen LogP contribution >= 0.6 is 0 Å². The van der Waals surface area contributed by atoms with Gasteiger partial charge in [0.2, 0.25) is 0 Å². The van der Waals surface area contributed by atoms with Crippen LogP contribution in [-0.2, 0) is 14.3 Å². The van der Waals surface area contributed by atoms with Crippen LogP contribution in [0.2, 0.25) is 0 Å². The molecular formula is C15H14O8. The third-order valence-corrected chi connectivity index (χ3v) is 2.79. The maximum atomic E-state index is 12.0. The number of benzene rings is 1. The molecule has 0 spiro atoms. The first kappa shape index (κ1) is 17.9. The van der Waals surface area contributed by atoms with Gasteiger partial charge in [0, 0.05) is 6.08 Å². The molecule has 0 saturated heterocycles. The Balaban J connectivity index is 3.02. The first-order chi connectivity index (χ1) is 10.8. The first-order valence-electron chi connectivity index (χ1n) is 6.36. The van der Waals surface area contributed by atoms with Gasteiger partial charge in [0.1, 0.15) is 13.2 Å². The molecule has 0 radical (unpaired) electrons. The summed E-state index contributed by atoms with van der Waals surface area (Å²) in [7, 11) is 0. The highest BCUT2D eigenvalue weighted by atomic mass is 16.6. The fourth-order valence-electron chi connectivity index (χ4n) is 1.78. The summed E-state index contributed by atoms with van der Waals surface area (Å²) in [5, 5.41) is 18.2. The maximum Gasteiger partial charge on any atom is 0.339 e. The molecule has 1 rings (SSSR count). The quantitative estimate of drug-likeness (QED) is 0.436. The summed E-state index contributed by atoms with van der Waals surface area (Å²) in [5.74, 6) is -4.75. The van der Waals surface area contributed by atoms with Gasteiger partial charge in [-0.3, -0.25) is 0 Å². The highest BCUT2D eigenvalue weighted by molar-refractivity contribution is 6.10. The average Bonchev–Trinajstić information content (AvgIpc) is 2.49. The van der Waals surface area contributed by atoms with Crippen LogP contribution in [0, 0.1) is 6.92 Å². The number of aryl methyl sites for hydroxylation is 1. The van der Waals surface area contributed by atoms with Crippen molar-refractivity contribution in [2.24, 2.45) is 0 Å². The van der Waals surface area contributed by atoms with Crippen molar-refractivity contribution >= 4 is 23.9 Å². The maximum absolute atomic E-state index is 12.0. The number of carbonyl (C=O) groups is 4. The van der Waals surface area contributed by atoms with E-state index in [4.69, 9.17) is 9.84 Å². The van der Waals surface area contributed by atoms with E-state index in [1.54, 1.807) is 0 Å². The van der Waals surface area contributed by atoms with E-state index in [2.05, 4.69) is 11.3 Å². The van der Waals surface area contributed by atoms with Crippen LogP contribution < -0.4 is 0 Å². The fourth-order valence-corrected chi connectivity index (χ4v) is 1.78. The largest absolute Gasteiger partial charge is 0.478 e. The fraction of sp³-hybridized carbons (Fsp3) is 0.200. The van der Waals surface area contributed by atoms with E-state index >= 15 is 0 Å². The van der Waals surface area contributed by atoms with Gasteiger partial charge >= 0.3 is 23.9 Å². The van der Waals surface area contributed by atoms with Crippen LogP contribution in [0.15, 0.2) is 24.8 Å². The average molecular weight is 322 g/mol. The van der Waals surface area contributed by atoms with E-state index in [9.17, 15) is 24.3 Å². The van der Waals surface area contributed by atoms with E-state index < -0.39 is 35.0 Å². The Labute approximate surface area is 130 Å². The molecule has 0 fully saturated rings. The second-order valence-corrected chi connectivity index (χ2v) is 4.30. The number of esters is 2. The molecule has 1 aromatic rings. The summed E-state index contributed by atoms with van der Waals surface area (Å²) in [4.78, 5) is 45.3. The SMILES string of the molecule is C=CC(=O)OCCOC(=O)c1c(C)ccc(C(=O)O)c1C(=O)O. The van der Waals surface area contributed by atoms with Gasteiger partial charge in [0.15, 0.2) is 0 Å². The van der Waals surface area contributed by atoms with E-state index in [0.717, 1.165) is 12.1 Å². The molecule has 0 aliphatic carbocycles. The molecule has 8 nitrogen and oxygen atoms in total. The lowest BCUT2D eigenvalue weighted by Gasteiger charge is -2.12. The van der Waals surface area contributed by atoms with Crippen molar-refractivity contribution in [1.29, 1.82) is 0 Å². The third-order valence-electron chi connectivity index (χ3n) is 2.79. The Morgan fingerprint density at radius 2 is 1.65 bits per heavy atom. The number of hydrogen-bond donors (Lipinski definition) is 2. The zero-order chi connectivity index (χ0) is 17.6. The van der Waals surface area contributed by atoms with Crippen LogP contribution in [0.5, 0.6) is 0 Å². The number of carboxylic acids is 2. The first-order valence-corrected chi connectivity index (χ1v) is 6.36. The molecule has 23 heavy (non-hydrogen) atoms. The van der Waals surface area contributed by atoms with Gasteiger partial charge in [-0.1, -0.05) is 12.6 Å². The zero-order valence-electron chi connectivity index (χ0n) is 12.2. The smallest absolute Gasteiger partial charge is 0.339 e. The molecule has 8 heteroatoms. The number of hydrogen-bond acceptors (Lipinski definition) is 6. The lowest BCUT2D eigenvalue weighted by Crippen LogP contribution is -2.19. The highest BCUT2D eigenvalue weighted by Gasteiger charge is 2.26. The molecule has 0 unspecified atom stereocenters. The summed E-state index contributed by atoms with van der Waals surface area (Å²) in [5.41, 5.74) is -1.27. The second-order valence-electron chi connectivity index (χ2n) is 4.30. The summed E-state index contributed by atoms with van der Waals surface area (Å²) in [6.07, 6.45) is 0.935. The van der Waals surface area contributed by atoms with Gasteiger partial charge in [-0.2, -0.15) is 0 Å². The van der Waals surface area contributed by atoms with Crippen molar-refractivity contribution in [2.45, 2.75) is 6.92 Å². The monoisotopic (exact) mass is 322 g/mol. The van der Waals surface area contributed by atoms with Gasteiger partial charge in [0.05, 0.1) is 16.7 Å². The Bertz CT molecular complexity index is 674. The number of rotatable bonds is 7. The normalized spacial score (nSPS) is 9.78. The minimum absolute atomic E-state index is 0.239. The van der Waals surface area contributed by atoms with Crippen molar-refractivity contribution in [3.63, 3.8) is 0 Å². The summed E-state index contributed by atoms with van der Waals surface area (Å²) >= 11 is 0. The molecule has 0 aliphatic heterocycles. The Kier molecular flexibility index (Phi) is 6.02. The lowest BCUT2D eigenvalue weighted by atomic mass is 9.96. The number of carbonyl (C=O) groups excluding carboxylic acids is 2. The van der Waals surface area contributed by atoms with E-state index in [1.807, 2.05) is 0 Å². The molecule has 0 aliphatic rings.